The van der Waals surface area contributed by atoms with Crippen LogP contribution in [-0.4, -0.2) is 30.1 Å². The maximum absolute atomic E-state index is 11.7. The SMILES string of the molecule is CC1CCCCC1N1CCCNC1=O. The van der Waals surface area contributed by atoms with Gasteiger partial charge in [-0.05, 0) is 25.2 Å². The quantitative estimate of drug-likeness (QED) is 0.683. The summed E-state index contributed by atoms with van der Waals surface area (Å²) >= 11 is 0. The zero-order chi connectivity index (χ0) is 9.97. The molecule has 2 fully saturated rings. The van der Waals surface area contributed by atoms with Gasteiger partial charge in [0.1, 0.15) is 0 Å². The minimum Gasteiger partial charge on any atom is -0.338 e. The molecule has 0 aromatic rings. The second-order valence-corrected chi connectivity index (χ2v) is 4.61. The van der Waals surface area contributed by atoms with Gasteiger partial charge in [0.25, 0.3) is 0 Å². The average Bonchev–Trinajstić information content (AvgIpc) is 2.20. The first-order valence-electron chi connectivity index (χ1n) is 5.83. The molecule has 0 aromatic carbocycles. The van der Waals surface area contributed by atoms with Crippen molar-refractivity contribution in [2.75, 3.05) is 13.1 Å². The summed E-state index contributed by atoms with van der Waals surface area (Å²) in [4.78, 5) is 13.7. The topological polar surface area (TPSA) is 32.3 Å². The van der Waals surface area contributed by atoms with E-state index in [0.29, 0.717) is 12.0 Å². The number of amides is 2. The van der Waals surface area contributed by atoms with Crippen LogP contribution in [0, 0.1) is 5.92 Å². The average molecular weight is 196 g/mol. The number of nitrogens with zero attached hydrogens (tertiary/aromatic N) is 1. The Labute approximate surface area is 85.8 Å². The van der Waals surface area contributed by atoms with Crippen LogP contribution in [0.1, 0.15) is 39.0 Å². The first kappa shape index (κ1) is 9.81. The molecule has 1 saturated heterocycles. The maximum Gasteiger partial charge on any atom is 0.317 e. The smallest absolute Gasteiger partial charge is 0.317 e. The van der Waals surface area contributed by atoms with E-state index in [2.05, 4.69) is 17.1 Å². The van der Waals surface area contributed by atoms with E-state index in [1.807, 2.05) is 0 Å². The summed E-state index contributed by atoms with van der Waals surface area (Å²) in [7, 11) is 0. The minimum atomic E-state index is 0.162. The van der Waals surface area contributed by atoms with Crippen molar-refractivity contribution in [3.8, 4) is 0 Å². The van der Waals surface area contributed by atoms with E-state index in [4.69, 9.17) is 0 Å². The molecule has 1 N–H and O–H groups in total. The highest BCUT2D eigenvalue weighted by molar-refractivity contribution is 5.75. The molecule has 14 heavy (non-hydrogen) atoms. The molecule has 3 heteroatoms. The third kappa shape index (κ3) is 1.86. The molecule has 2 amide bonds. The number of carbonyl (C=O) groups is 1. The molecule has 1 aliphatic carbocycles. The van der Waals surface area contributed by atoms with E-state index in [1.165, 1.54) is 25.7 Å². The lowest BCUT2D eigenvalue weighted by Gasteiger charge is -2.40. The Morgan fingerprint density at radius 3 is 2.79 bits per heavy atom. The lowest BCUT2D eigenvalue weighted by atomic mass is 9.85. The predicted octanol–water partition coefficient (Wildman–Crippen LogP) is 1.98. The van der Waals surface area contributed by atoms with Crippen LogP contribution in [0.5, 0.6) is 0 Å². The van der Waals surface area contributed by atoms with E-state index in [0.717, 1.165) is 19.5 Å². The van der Waals surface area contributed by atoms with E-state index in [-0.39, 0.29) is 6.03 Å². The van der Waals surface area contributed by atoms with Crippen LogP contribution in [-0.2, 0) is 0 Å². The second-order valence-electron chi connectivity index (χ2n) is 4.61. The van der Waals surface area contributed by atoms with Gasteiger partial charge in [-0.1, -0.05) is 19.8 Å². The molecule has 0 radical (unpaired) electrons. The maximum atomic E-state index is 11.7. The Morgan fingerprint density at radius 1 is 1.29 bits per heavy atom. The number of hydrogen-bond donors (Lipinski definition) is 1. The molecular formula is C11H20N2O. The fourth-order valence-corrected chi connectivity index (χ4v) is 2.72. The zero-order valence-electron chi connectivity index (χ0n) is 8.96. The van der Waals surface area contributed by atoms with Crippen molar-refractivity contribution < 1.29 is 4.79 Å². The van der Waals surface area contributed by atoms with E-state index >= 15 is 0 Å². The Morgan fingerprint density at radius 2 is 2.07 bits per heavy atom. The van der Waals surface area contributed by atoms with Gasteiger partial charge in [-0.3, -0.25) is 0 Å². The molecule has 1 aliphatic heterocycles. The summed E-state index contributed by atoms with van der Waals surface area (Å²) in [6.07, 6.45) is 6.23. The van der Waals surface area contributed by atoms with Crippen molar-refractivity contribution in [2.24, 2.45) is 5.92 Å². The molecule has 0 bridgehead atoms. The minimum absolute atomic E-state index is 0.162. The van der Waals surface area contributed by atoms with Crippen LogP contribution in [0.25, 0.3) is 0 Å². The van der Waals surface area contributed by atoms with Gasteiger partial charge in [0.05, 0.1) is 0 Å². The Hall–Kier alpha value is -0.730. The van der Waals surface area contributed by atoms with Crippen molar-refractivity contribution in [3.05, 3.63) is 0 Å². The molecule has 80 valence electrons. The molecular weight excluding hydrogens is 176 g/mol. The van der Waals surface area contributed by atoms with Crippen molar-refractivity contribution >= 4 is 6.03 Å². The molecule has 2 atom stereocenters. The number of rotatable bonds is 1. The van der Waals surface area contributed by atoms with Gasteiger partial charge in [-0.2, -0.15) is 0 Å². The van der Waals surface area contributed by atoms with Gasteiger partial charge in [-0.15, -0.1) is 0 Å². The molecule has 3 nitrogen and oxygen atoms in total. The van der Waals surface area contributed by atoms with Gasteiger partial charge in [-0.25, -0.2) is 4.79 Å². The summed E-state index contributed by atoms with van der Waals surface area (Å²) in [6, 6.07) is 0.666. The number of urea groups is 1. The third-order valence-corrected chi connectivity index (χ3v) is 3.58. The number of hydrogen-bond acceptors (Lipinski definition) is 1. The van der Waals surface area contributed by atoms with Crippen molar-refractivity contribution in [1.29, 1.82) is 0 Å². The van der Waals surface area contributed by atoms with Crippen molar-refractivity contribution in [3.63, 3.8) is 0 Å². The fourth-order valence-electron chi connectivity index (χ4n) is 2.72. The molecule has 2 aliphatic rings. The van der Waals surface area contributed by atoms with Gasteiger partial charge >= 0.3 is 6.03 Å². The fraction of sp³-hybridized carbons (Fsp3) is 0.909. The highest BCUT2D eigenvalue weighted by Crippen LogP contribution is 2.28. The van der Waals surface area contributed by atoms with E-state index < -0.39 is 0 Å². The number of carbonyl (C=O) groups excluding carboxylic acids is 1. The van der Waals surface area contributed by atoms with Crippen LogP contribution in [0.4, 0.5) is 4.79 Å². The van der Waals surface area contributed by atoms with Gasteiger partial charge in [0, 0.05) is 19.1 Å². The predicted molar refractivity (Wildman–Crippen MR) is 56.1 cm³/mol. The summed E-state index contributed by atoms with van der Waals surface area (Å²) in [5.41, 5.74) is 0. The van der Waals surface area contributed by atoms with Gasteiger partial charge < -0.3 is 10.2 Å². The standard InChI is InChI=1S/C11H20N2O/c1-9-5-2-3-6-10(9)13-8-4-7-12-11(13)14/h9-10H,2-8H2,1H3,(H,12,14). The summed E-state index contributed by atoms with van der Waals surface area (Å²) in [5.74, 6) is 0.688. The largest absolute Gasteiger partial charge is 0.338 e. The van der Waals surface area contributed by atoms with Crippen molar-refractivity contribution in [1.82, 2.24) is 10.2 Å². The molecule has 0 spiro atoms. The van der Waals surface area contributed by atoms with Crippen LogP contribution in [0.15, 0.2) is 0 Å². The molecule has 1 saturated carbocycles. The molecule has 1 heterocycles. The lowest BCUT2D eigenvalue weighted by molar-refractivity contribution is 0.115. The highest BCUT2D eigenvalue weighted by Gasteiger charge is 2.31. The van der Waals surface area contributed by atoms with Gasteiger partial charge in [0.2, 0.25) is 0 Å². The monoisotopic (exact) mass is 196 g/mol. The molecule has 2 unspecified atom stereocenters. The van der Waals surface area contributed by atoms with Crippen molar-refractivity contribution in [2.45, 2.75) is 45.1 Å². The Kier molecular flexibility index (Phi) is 2.94. The van der Waals surface area contributed by atoms with Crippen LogP contribution in [0.2, 0.25) is 0 Å². The van der Waals surface area contributed by atoms with E-state index in [9.17, 15) is 4.79 Å². The summed E-state index contributed by atoms with van der Waals surface area (Å²) in [6.45, 7) is 4.10. The lowest BCUT2D eigenvalue weighted by Crippen LogP contribution is -2.53. The van der Waals surface area contributed by atoms with Gasteiger partial charge in [0.15, 0.2) is 0 Å². The van der Waals surface area contributed by atoms with Crippen LogP contribution >= 0.6 is 0 Å². The zero-order valence-corrected chi connectivity index (χ0v) is 8.96. The first-order valence-corrected chi connectivity index (χ1v) is 5.83. The third-order valence-electron chi connectivity index (χ3n) is 3.58. The molecule has 0 aromatic heterocycles. The first-order chi connectivity index (χ1) is 6.79. The van der Waals surface area contributed by atoms with Crippen LogP contribution in [0.3, 0.4) is 0 Å². The highest BCUT2D eigenvalue weighted by atomic mass is 16.2. The van der Waals surface area contributed by atoms with Crippen LogP contribution < -0.4 is 5.32 Å². The Bertz CT molecular complexity index is 217. The molecule has 2 rings (SSSR count). The van der Waals surface area contributed by atoms with E-state index in [1.54, 1.807) is 0 Å². The summed E-state index contributed by atoms with van der Waals surface area (Å²) in [5, 5.41) is 2.94. The Balaban J connectivity index is 2.00. The second kappa shape index (κ2) is 4.20. The normalized spacial score (nSPS) is 34.1. The summed E-state index contributed by atoms with van der Waals surface area (Å²) < 4.78 is 0. The number of nitrogens with one attached hydrogen (secondary N) is 1.